The number of fused-ring (bicyclic) bond motifs is 1. The van der Waals surface area contributed by atoms with Crippen molar-refractivity contribution in [1.29, 1.82) is 0 Å². The van der Waals surface area contributed by atoms with Gasteiger partial charge in [0.1, 0.15) is 30.0 Å². The molecule has 0 spiro atoms. The number of alkyl halides is 3. The zero-order valence-electron chi connectivity index (χ0n) is 14.5. The fourth-order valence-corrected chi connectivity index (χ4v) is 3.44. The maximum absolute atomic E-state index is 13.1. The number of hydrogen-bond acceptors (Lipinski definition) is 4. The number of carbonyl (C=O) groups excluding carboxylic acids is 1. The van der Waals surface area contributed by atoms with Gasteiger partial charge in [0.05, 0.1) is 5.41 Å². The summed E-state index contributed by atoms with van der Waals surface area (Å²) >= 11 is 0. The third kappa shape index (κ3) is 3.07. The van der Waals surface area contributed by atoms with Gasteiger partial charge >= 0.3 is 6.18 Å². The number of furan rings is 1. The summed E-state index contributed by atoms with van der Waals surface area (Å²) in [6, 6.07) is 7.84. The molecule has 0 unspecified atom stereocenters. The predicted octanol–water partition coefficient (Wildman–Crippen LogP) is 4.96. The largest absolute Gasteiger partial charge is 0.489 e. The van der Waals surface area contributed by atoms with Crippen molar-refractivity contribution in [2.24, 2.45) is 0 Å². The van der Waals surface area contributed by atoms with E-state index in [1.54, 1.807) is 18.2 Å². The van der Waals surface area contributed by atoms with E-state index < -0.39 is 17.3 Å². The van der Waals surface area contributed by atoms with Gasteiger partial charge in [-0.05, 0) is 44.0 Å². The molecule has 1 aliphatic rings. The molecule has 1 saturated carbocycles. The topological polar surface area (TPSA) is 52.3 Å². The number of benzene rings is 1. The first-order valence-corrected chi connectivity index (χ1v) is 8.48. The van der Waals surface area contributed by atoms with Crippen LogP contribution in [0.2, 0.25) is 0 Å². The Kier molecular flexibility index (Phi) is 3.98. The summed E-state index contributed by atoms with van der Waals surface area (Å²) in [6.07, 6.45) is -0.957. The number of halogens is 3. The number of nitrogens with zero attached hydrogens (tertiary/aromatic N) is 1. The Hall–Kier alpha value is -2.83. The highest BCUT2D eigenvalue weighted by Crippen LogP contribution is 2.51. The normalized spacial score (nSPS) is 15.7. The average molecular weight is 375 g/mol. The van der Waals surface area contributed by atoms with Crippen LogP contribution in [0.3, 0.4) is 0 Å². The van der Waals surface area contributed by atoms with Crippen LogP contribution in [0.4, 0.5) is 13.2 Å². The number of aromatic nitrogens is 1. The van der Waals surface area contributed by atoms with Gasteiger partial charge in [-0.15, -0.1) is 0 Å². The van der Waals surface area contributed by atoms with Crippen LogP contribution >= 0.6 is 0 Å². The first kappa shape index (κ1) is 17.6. The molecule has 0 amide bonds. The Morgan fingerprint density at radius 1 is 1.30 bits per heavy atom. The van der Waals surface area contributed by atoms with Gasteiger partial charge in [0.15, 0.2) is 5.69 Å². The van der Waals surface area contributed by atoms with E-state index in [4.69, 9.17) is 9.15 Å². The number of aldehydes is 1. The molecule has 0 radical (unpaired) electrons. The molecule has 0 saturated heterocycles. The van der Waals surface area contributed by atoms with Gasteiger partial charge in [-0.25, -0.2) is 0 Å². The second-order valence-electron chi connectivity index (χ2n) is 6.76. The number of pyridine rings is 1. The van der Waals surface area contributed by atoms with Crippen molar-refractivity contribution in [3.63, 3.8) is 0 Å². The van der Waals surface area contributed by atoms with E-state index in [9.17, 15) is 18.0 Å². The van der Waals surface area contributed by atoms with Gasteiger partial charge in [0.25, 0.3) is 0 Å². The van der Waals surface area contributed by atoms with Gasteiger partial charge in [-0.1, -0.05) is 6.07 Å². The molecule has 140 valence electrons. The molecule has 2 heterocycles. The van der Waals surface area contributed by atoms with E-state index in [0.29, 0.717) is 17.1 Å². The van der Waals surface area contributed by atoms with E-state index in [2.05, 4.69) is 4.98 Å². The van der Waals surface area contributed by atoms with Crippen LogP contribution in [0.25, 0.3) is 11.0 Å². The van der Waals surface area contributed by atoms with E-state index in [1.165, 1.54) is 12.1 Å². The summed E-state index contributed by atoms with van der Waals surface area (Å²) in [5.41, 5.74) is -0.0412. The molecule has 27 heavy (non-hydrogen) atoms. The summed E-state index contributed by atoms with van der Waals surface area (Å²) in [5, 5.41) is 0.761. The zero-order chi connectivity index (χ0) is 19.2. The smallest absolute Gasteiger partial charge is 0.433 e. The monoisotopic (exact) mass is 375 g/mol. The molecular weight excluding hydrogens is 359 g/mol. The molecule has 4 nitrogen and oxygen atoms in total. The Bertz CT molecular complexity index is 1020. The number of carbonyl (C=O) groups is 1. The molecule has 0 aliphatic heterocycles. The third-order valence-electron chi connectivity index (χ3n) is 4.90. The highest BCUT2D eigenvalue weighted by atomic mass is 19.4. The van der Waals surface area contributed by atoms with Crippen LogP contribution < -0.4 is 4.74 Å². The fourth-order valence-electron chi connectivity index (χ4n) is 3.44. The number of aryl methyl sites for hydroxylation is 1. The van der Waals surface area contributed by atoms with Gasteiger partial charge in [-0.2, -0.15) is 13.2 Å². The first-order chi connectivity index (χ1) is 12.8. The van der Waals surface area contributed by atoms with Crippen molar-refractivity contribution in [3.05, 3.63) is 59.1 Å². The number of ether oxygens (including phenoxy) is 1. The Morgan fingerprint density at radius 3 is 2.74 bits per heavy atom. The molecule has 4 rings (SSSR count). The lowest BCUT2D eigenvalue weighted by molar-refractivity contribution is -0.142. The summed E-state index contributed by atoms with van der Waals surface area (Å²) in [4.78, 5) is 14.9. The molecule has 2 aromatic heterocycles. The zero-order valence-corrected chi connectivity index (χ0v) is 14.5. The highest BCUT2D eigenvalue weighted by molar-refractivity contribution is 5.90. The lowest BCUT2D eigenvalue weighted by Gasteiger charge is -2.12. The van der Waals surface area contributed by atoms with Crippen LogP contribution in [-0.2, 0) is 23.0 Å². The van der Waals surface area contributed by atoms with E-state index >= 15 is 0 Å². The number of hydrogen-bond donors (Lipinski definition) is 0. The average Bonchev–Trinajstić information content (AvgIpc) is 3.35. The van der Waals surface area contributed by atoms with Crippen molar-refractivity contribution in [1.82, 2.24) is 4.98 Å². The Morgan fingerprint density at radius 2 is 2.07 bits per heavy atom. The van der Waals surface area contributed by atoms with Gasteiger partial charge in [0.2, 0.25) is 0 Å². The van der Waals surface area contributed by atoms with Crippen LogP contribution in [0, 0.1) is 6.92 Å². The van der Waals surface area contributed by atoms with Crippen molar-refractivity contribution >= 4 is 17.3 Å². The molecule has 1 aliphatic carbocycles. The van der Waals surface area contributed by atoms with E-state index in [0.717, 1.165) is 36.3 Å². The van der Waals surface area contributed by atoms with E-state index in [1.807, 2.05) is 6.92 Å². The molecule has 3 aromatic rings. The van der Waals surface area contributed by atoms with Crippen LogP contribution in [0.1, 0.15) is 35.4 Å². The number of rotatable bonds is 5. The lowest BCUT2D eigenvalue weighted by atomic mass is 9.94. The van der Waals surface area contributed by atoms with Crippen molar-refractivity contribution < 1.29 is 27.1 Å². The minimum Gasteiger partial charge on any atom is -0.489 e. The maximum atomic E-state index is 13.1. The molecular formula is C20H16F3NO3. The highest BCUT2D eigenvalue weighted by Gasteiger charge is 2.47. The maximum Gasteiger partial charge on any atom is 0.433 e. The summed E-state index contributed by atoms with van der Waals surface area (Å²) < 4.78 is 50.5. The van der Waals surface area contributed by atoms with Gasteiger partial charge in [0, 0.05) is 22.7 Å². The third-order valence-corrected chi connectivity index (χ3v) is 4.90. The minimum atomic E-state index is -4.54. The second-order valence-corrected chi connectivity index (χ2v) is 6.76. The molecule has 0 N–H and O–H groups in total. The van der Waals surface area contributed by atoms with Crippen molar-refractivity contribution in [2.45, 2.75) is 38.0 Å². The van der Waals surface area contributed by atoms with E-state index in [-0.39, 0.29) is 12.2 Å². The standard InChI is InChI=1S/C20H16F3NO3/c1-12-17(19(11-25)6-7-19)15-9-14(4-5-16(15)27-12)26-10-13-3-2-8-24-18(13)20(21,22)23/h2-5,8-9,11H,6-7,10H2,1H3. The molecule has 7 heteroatoms. The summed E-state index contributed by atoms with van der Waals surface area (Å²) in [6.45, 7) is 1.55. The Labute approximate surface area is 153 Å². The minimum absolute atomic E-state index is 0.0414. The fraction of sp³-hybridized carbons (Fsp3) is 0.300. The van der Waals surface area contributed by atoms with Gasteiger partial charge in [-0.3, -0.25) is 4.98 Å². The van der Waals surface area contributed by atoms with Gasteiger partial charge < -0.3 is 13.9 Å². The SMILES string of the molecule is Cc1oc2ccc(OCc3cccnc3C(F)(F)F)cc2c1C1(C=O)CC1. The van der Waals surface area contributed by atoms with Crippen molar-refractivity contribution in [2.75, 3.05) is 0 Å². The molecule has 0 atom stereocenters. The first-order valence-electron chi connectivity index (χ1n) is 8.48. The predicted molar refractivity (Wildman–Crippen MR) is 91.5 cm³/mol. The van der Waals surface area contributed by atoms with Crippen LogP contribution in [-0.4, -0.2) is 11.3 Å². The van der Waals surface area contributed by atoms with Crippen LogP contribution in [0.15, 0.2) is 40.9 Å². The Balaban J connectivity index is 1.65. The molecule has 1 aromatic carbocycles. The van der Waals surface area contributed by atoms with Crippen LogP contribution in [0.5, 0.6) is 5.75 Å². The lowest BCUT2D eigenvalue weighted by Crippen LogP contribution is -2.13. The van der Waals surface area contributed by atoms with Crippen molar-refractivity contribution in [3.8, 4) is 5.75 Å². The summed E-state index contributed by atoms with van der Waals surface area (Å²) in [7, 11) is 0. The second kappa shape index (κ2) is 6.11. The molecule has 1 fully saturated rings. The summed E-state index contributed by atoms with van der Waals surface area (Å²) in [5.74, 6) is 1.08. The quantitative estimate of drug-likeness (QED) is 0.591. The molecule has 0 bridgehead atoms.